The highest BCUT2D eigenvalue weighted by molar-refractivity contribution is 7.66. The summed E-state index contributed by atoms with van der Waals surface area (Å²) < 4.78 is 24.2. The van der Waals surface area contributed by atoms with E-state index in [1.807, 2.05) is 13.0 Å². The molecule has 0 atom stereocenters. The molecule has 0 saturated heterocycles. The average Bonchev–Trinajstić information content (AvgIpc) is 2.03. The molecule has 0 saturated carbocycles. The van der Waals surface area contributed by atoms with Crippen LogP contribution in [0.5, 0.6) is 0 Å². The van der Waals surface area contributed by atoms with Crippen LogP contribution in [0.15, 0.2) is 24.3 Å². The van der Waals surface area contributed by atoms with Crippen molar-refractivity contribution in [3.63, 3.8) is 0 Å². The van der Waals surface area contributed by atoms with Crippen molar-refractivity contribution in [1.29, 1.82) is 0 Å². The van der Waals surface area contributed by atoms with Gasteiger partial charge in [0.2, 0.25) is 0 Å². The summed E-state index contributed by atoms with van der Waals surface area (Å²) in [6, 6.07) is 6.52. The van der Waals surface area contributed by atoms with Gasteiger partial charge in [-0.05, 0) is 12.5 Å². The number of hydrogen-bond donors (Lipinski definition) is 2. The maximum atomic E-state index is 10.2. The zero-order valence-corrected chi connectivity index (χ0v) is 8.18. The van der Waals surface area contributed by atoms with Crippen LogP contribution in [-0.4, -0.2) is 17.9 Å². The maximum Gasteiger partial charge on any atom is 0.269 e. The topological polar surface area (TPSA) is 97.5 Å². The predicted molar refractivity (Wildman–Crippen MR) is 50.8 cm³/mol. The Morgan fingerprint density at radius 2 is 1.93 bits per heavy atom. The lowest BCUT2D eigenvalue weighted by Crippen LogP contribution is -1.86. The highest BCUT2D eigenvalue weighted by Crippen LogP contribution is 2.11. The van der Waals surface area contributed by atoms with Crippen molar-refractivity contribution in [3.8, 4) is 0 Å². The quantitative estimate of drug-likeness (QED) is 0.317. The fraction of sp³-hybridized carbons (Fsp3) is 0.143. The summed E-state index contributed by atoms with van der Waals surface area (Å²) in [5.74, 6) is 0. The highest BCUT2D eigenvalue weighted by atomic mass is 32.2. The second kappa shape index (κ2) is 6.06. The van der Waals surface area contributed by atoms with Crippen molar-refractivity contribution < 1.29 is 17.9 Å². The van der Waals surface area contributed by atoms with E-state index < -0.39 is 15.9 Å². The molecule has 0 aliphatic rings. The minimum Gasteiger partial charge on any atom is -0.288 e. The number of benzene rings is 1. The number of nitro benzene ring substituents is 1. The Kier molecular flexibility index (Phi) is 5.42. The Bertz CT molecular complexity index is 379. The van der Waals surface area contributed by atoms with Crippen LogP contribution in [0.2, 0.25) is 0 Å². The number of aryl methyl sites for hydroxylation is 1. The van der Waals surface area contributed by atoms with Crippen LogP contribution < -0.4 is 0 Å². The van der Waals surface area contributed by atoms with E-state index in [-0.39, 0.29) is 5.69 Å². The molecule has 0 fully saturated rings. The molecule has 0 aromatic heterocycles. The van der Waals surface area contributed by atoms with Crippen LogP contribution in [0.1, 0.15) is 5.56 Å². The molecule has 1 N–H and O–H groups in total. The average molecular weight is 219 g/mol. The van der Waals surface area contributed by atoms with Crippen molar-refractivity contribution in [2.24, 2.45) is 0 Å². The number of non-ortho nitro benzene ring substituents is 1. The van der Waals surface area contributed by atoms with E-state index in [0.29, 0.717) is 0 Å². The second-order valence-corrected chi connectivity index (χ2v) is 2.81. The van der Waals surface area contributed by atoms with Gasteiger partial charge in [-0.15, -0.1) is 0 Å². The Morgan fingerprint density at radius 1 is 1.43 bits per heavy atom. The second-order valence-electron chi connectivity index (χ2n) is 2.33. The molecule has 0 heterocycles. The van der Waals surface area contributed by atoms with Gasteiger partial charge in [0, 0.05) is 12.1 Å². The third kappa shape index (κ3) is 6.09. The smallest absolute Gasteiger partial charge is 0.269 e. The fourth-order valence-corrected chi connectivity index (χ4v) is 0.742. The van der Waals surface area contributed by atoms with Crippen LogP contribution in [0.25, 0.3) is 0 Å². The lowest BCUT2D eigenvalue weighted by atomic mass is 10.2. The van der Waals surface area contributed by atoms with Gasteiger partial charge in [0.25, 0.3) is 16.7 Å². The minimum atomic E-state index is -3.12. The van der Waals surface area contributed by atoms with Gasteiger partial charge in [0.05, 0.1) is 4.92 Å². The molecule has 1 aromatic carbocycles. The molecule has 0 aliphatic heterocycles. The minimum absolute atomic E-state index is 0.153. The van der Waals surface area contributed by atoms with Gasteiger partial charge in [0.1, 0.15) is 0 Å². The summed E-state index contributed by atoms with van der Waals surface area (Å²) in [5.41, 5.74) is 1.06. The van der Waals surface area contributed by atoms with Gasteiger partial charge in [-0.25, -0.2) is 8.42 Å². The van der Waals surface area contributed by atoms with Crippen LogP contribution in [-0.2, 0) is 11.0 Å². The molecule has 0 bridgehead atoms. The first-order valence-corrected chi connectivity index (χ1v) is 4.61. The van der Waals surface area contributed by atoms with Crippen molar-refractivity contribution in [2.75, 3.05) is 0 Å². The van der Waals surface area contributed by atoms with Crippen LogP contribution in [0.4, 0.5) is 5.69 Å². The first-order valence-electron chi connectivity index (χ1n) is 3.48. The number of rotatable bonds is 1. The molecule has 1 aromatic rings. The summed E-state index contributed by atoms with van der Waals surface area (Å²) in [6.45, 7) is 1.83. The standard InChI is InChI=1S/C7H7NO2.H2O3S/c1-6-3-2-4-7(5-6)8(9)10;1-4(2)3/h2-5H,1H3;4H,(H,1,2,3). The van der Waals surface area contributed by atoms with Crippen molar-refractivity contribution in [1.82, 2.24) is 0 Å². The highest BCUT2D eigenvalue weighted by Gasteiger charge is 2.01. The SMILES string of the molecule is Cc1cccc([N+](=O)[O-])c1.O=[SH](=O)O. The first kappa shape index (κ1) is 12.5. The van der Waals surface area contributed by atoms with Gasteiger partial charge in [0.15, 0.2) is 0 Å². The van der Waals surface area contributed by atoms with Gasteiger partial charge in [-0.1, -0.05) is 12.1 Å². The van der Waals surface area contributed by atoms with Crippen LogP contribution in [0.3, 0.4) is 0 Å². The molecule has 1 rings (SSSR count). The molecule has 0 amide bonds. The number of nitrogens with zero attached hydrogens (tertiary/aromatic N) is 1. The zero-order valence-electron chi connectivity index (χ0n) is 7.28. The molecule has 7 heteroatoms. The molecule has 0 unspecified atom stereocenters. The summed E-state index contributed by atoms with van der Waals surface area (Å²) in [6.07, 6.45) is 0. The molecular formula is C7H9NO5S. The molecule has 14 heavy (non-hydrogen) atoms. The molecule has 0 radical (unpaired) electrons. The largest absolute Gasteiger partial charge is 0.288 e. The zero-order chi connectivity index (χ0) is 11.1. The van der Waals surface area contributed by atoms with E-state index >= 15 is 0 Å². The molecule has 0 aliphatic carbocycles. The normalized spacial score (nSPS) is 9.07. The van der Waals surface area contributed by atoms with Gasteiger partial charge < -0.3 is 0 Å². The van der Waals surface area contributed by atoms with E-state index in [1.165, 1.54) is 6.07 Å². The van der Waals surface area contributed by atoms with Crippen molar-refractivity contribution >= 4 is 16.7 Å². The molecule has 6 nitrogen and oxygen atoms in total. The van der Waals surface area contributed by atoms with Crippen LogP contribution in [0, 0.1) is 17.0 Å². The maximum absolute atomic E-state index is 10.2. The Hall–Kier alpha value is -1.47. The van der Waals surface area contributed by atoms with E-state index in [0.717, 1.165) is 5.56 Å². The summed E-state index contributed by atoms with van der Waals surface area (Å²) in [7, 11) is -3.12. The predicted octanol–water partition coefficient (Wildman–Crippen LogP) is 0.974. The summed E-state index contributed by atoms with van der Waals surface area (Å²) in [4.78, 5) is 9.76. The summed E-state index contributed by atoms with van der Waals surface area (Å²) >= 11 is 0. The van der Waals surface area contributed by atoms with E-state index in [4.69, 9.17) is 13.0 Å². The molecule has 0 spiro atoms. The summed E-state index contributed by atoms with van der Waals surface area (Å²) in [5, 5.41) is 10.2. The first-order chi connectivity index (χ1) is 6.43. The number of nitro groups is 1. The van der Waals surface area contributed by atoms with Crippen molar-refractivity contribution in [3.05, 3.63) is 39.9 Å². The van der Waals surface area contributed by atoms with Gasteiger partial charge >= 0.3 is 0 Å². The Balaban J connectivity index is 0.000000364. The number of hydrogen-bond acceptors (Lipinski definition) is 4. The third-order valence-corrected chi connectivity index (χ3v) is 1.21. The molecule has 78 valence electrons. The lowest BCUT2D eigenvalue weighted by molar-refractivity contribution is -0.384. The van der Waals surface area contributed by atoms with Crippen molar-refractivity contribution in [2.45, 2.75) is 6.92 Å². The third-order valence-electron chi connectivity index (χ3n) is 1.21. The monoisotopic (exact) mass is 219 g/mol. The fourth-order valence-electron chi connectivity index (χ4n) is 0.742. The number of thiol groups is 1. The van der Waals surface area contributed by atoms with E-state index in [2.05, 4.69) is 0 Å². The Morgan fingerprint density at radius 3 is 2.21 bits per heavy atom. The van der Waals surface area contributed by atoms with E-state index in [1.54, 1.807) is 12.1 Å². The lowest BCUT2D eigenvalue weighted by Gasteiger charge is -1.90. The van der Waals surface area contributed by atoms with Gasteiger partial charge in [-0.2, -0.15) is 0 Å². The van der Waals surface area contributed by atoms with E-state index in [9.17, 15) is 10.1 Å². The molecular weight excluding hydrogens is 210 g/mol. The van der Waals surface area contributed by atoms with Crippen LogP contribution >= 0.6 is 0 Å². The van der Waals surface area contributed by atoms with Gasteiger partial charge in [-0.3, -0.25) is 14.7 Å². The Labute approximate surface area is 82.1 Å².